The number of carbonyl (C=O) groups is 1. The van der Waals surface area contributed by atoms with E-state index in [1.807, 2.05) is 12.3 Å². The molecule has 2 aromatic carbocycles. The van der Waals surface area contributed by atoms with Gasteiger partial charge < -0.3 is 15.0 Å². The maximum Gasteiger partial charge on any atom is 0.335 e. The van der Waals surface area contributed by atoms with Crippen LogP contribution in [0.4, 0.5) is 0 Å². The Morgan fingerprint density at radius 1 is 1.14 bits per heavy atom. The van der Waals surface area contributed by atoms with E-state index in [1.54, 1.807) is 12.1 Å². The van der Waals surface area contributed by atoms with E-state index < -0.39 is 5.97 Å². The summed E-state index contributed by atoms with van der Waals surface area (Å²) in [4.78, 5) is 17.1. The molecule has 4 nitrogen and oxygen atoms in total. The van der Waals surface area contributed by atoms with Crippen molar-refractivity contribution in [2.75, 3.05) is 19.6 Å². The van der Waals surface area contributed by atoms with Crippen LogP contribution in [0, 0.1) is 5.92 Å². The van der Waals surface area contributed by atoms with Crippen molar-refractivity contribution in [2.45, 2.75) is 38.5 Å². The Kier molecular flexibility index (Phi) is 6.30. The van der Waals surface area contributed by atoms with Crippen molar-refractivity contribution in [3.63, 3.8) is 0 Å². The van der Waals surface area contributed by atoms with Gasteiger partial charge in [0.2, 0.25) is 0 Å². The van der Waals surface area contributed by atoms with Gasteiger partial charge in [0, 0.05) is 23.6 Å². The summed E-state index contributed by atoms with van der Waals surface area (Å²) in [5, 5.41) is 10.3. The van der Waals surface area contributed by atoms with Gasteiger partial charge in [0.15, 0.2) is 0 Å². The van der Waals surface area contributed by atoms with Crippen LogP contribution < -0.4 is 0 Å². The number of rotatable bonds is 8. The third-order valence-electron chi connectivity index (χ3n) is 6.16. The predicted octanol–water partition coefficient (Wildman–Crippen LogP) is 5.14. The zero-order valence-corrected chi connectivity index (χ0v) is 16.9. The van der Waals surface area contributed by atoms with E-state index >= 15 is 0 Å². The average Bonchev–Trinajstić information content (AvgIpc) is 3.14. The second kappa shape index (κ2) is 9.27. The second-order valence-corrected chi connectivity index (χ2v) is 8.34. The number of carboxylic acid groups (broad SMARTS) is 1. The van der Waals surface area contributed by atoms with Crippen molar-refractivity contribution < 1.29 is 9.90 Å². The Morgan fingerprint density at radius 3 is 2.83 bits per heavy atom. The Bertz CT molecular complexity index is 948. The molecule has 3 aromatic rings. The topological polar surface area (TPSA) is 56.3 Å². The minimum atomic E-state index is -0.866. The first-order chi connectivity index (χ1) is 14.2. The molecular weight excluding hydrogens is 360 g/mol. The Morgan fingerprint density at radius 2 is 2.00 bits per heavy atom. The van der Waals surface area contributed by atoms with Gasteiger partial charge in [-0.2, -0.15) is 0 Å². The average molecular weight is 391 g/mol. The molecule has 29 heavy (non-hydrogen) atoms. The summed E-state index contributed by atoms with van der Waals surface area (Å²) >= 11 is 0. The summed E-state index contributed by atoms with van der Waals surface area (Å²) in [5.74, 6) is -0.0941. The number of hydrogen-bond acceptors (Lipinski definition) is 2. The maximum atomic E-state index is 11.2. The summed E-state index contributed by atoms with van der Waals surface area (Å²) in [6.07, 6.45) is 9.17. The fourth-order valence-corrected chi connectivity index (χ4v) is 4.64. The van der Waals surface area contributed by atoms with Crippen molar-refractivity contribution in [3.8, 4) is 0 Å². The van der Waals surface area contributed by atoms with Gasteiger partial charge in [-0.25, -0.2) is 4.79 Å². The van der Waals surface area contributed by atoms with Gasteiger partial charge in [0.25, 0.3) is 0 Å². The van der Waals surface area contributed by atoms with Gasteiger partial charge in [0.1, 0.15) is 0 Å². The number of carboxylic acids is 1. The van der Waals surface area contributed by atoms with E-state index in [9.17, 15) is 9.90 Å². The van der Waals surface area contributed by atoms with E-state index in [-0.39, 0.29) is 0 Å². The van der Waals surface area contributed by atoms with Gasteiger partial charge in [-0.1, -0.05) is 30.3 Å². The SMILES string of the molecule is O=C(O)c1ccc2[nH]cc(CCCCN3CCCC(Cc4ccccc4)C3)c2c1. The molecule has 0 amide bonds. The van der Waals surface area contributed by atoms with Crippen LogP contribution in [0.3, 0.4) is 0 Å². The highest BCUT2D eigenvalue weighted by molar-refractivity contribution is 5.94. The minimum absolute atomic E-state index is 0.358. The number of aromatic nitrogens is 1. The first-order valence-electron chi connectivity index (χ1n) is 10.8. The van der Waals surface area contributed by atoms with Gasteiger partial charge in [-0.15, -0.1) is 0 Å². The largest absolute Gasteiger partial charge is 0.478 e. The van der Waals surface area contributed by atoms with Crippen molar-refractivity contribution in [1.29, 1.82) is 0 Å². The van der Waals surface area contributed by atoms with Crippen LogP contribution in [-0.4, -0.2) is 40.6 Å². The standard InChI is InChI=1S/C25H30N2O2/c28-25(29)21-11-12-24-23(16-21)22(17-26-24)10-4-5-13-27-14-6-9-20(18-27)15-19-7-2-1-3-8-19/h1-3,7-8,11-12,16-17,20,26H,4-6,9-10,13-15,18H2,(H,28,29). The van der Waals surface area contributed by atoms with Gasteiger partial charge in [0.05, 0.1) is 5.56 Å². The third kappa shape index (κ3) is 5.07. The predicted molar refractivity (Wildman–Crippen MR) is 118 cm³/mol. The van der Waals surface area contributed by atoms with Crippen molar-refractivity contribution in [1.82, 2.24) is 9.88 Å². The molecule has 2 N–H and O–H groups in total. The van der Waals surface area contributed by atoms with Crippen LogP contribution in [0.5, 0.6) is 0 Å². The molecule has 1 fully saturated rings. The Hall–Kier alpha value is -2.59. The molecule has 1 atom stereocenters. The normalized spacial score (nSPS) is 17.6. The second-order valence-electron chi connectivity index (χ2n) is 8.34. The third-order valence-corrected chi connectivity index (χ3v) is 6.16. The van der Waals surface area contributed by atoms with Crippen molar-refractivity contribution in [2.24, 2.45) is 5.92 Å². The highest BCUT2D eigenvalue weighted by atomic mass is 16.4. The minimum Gasteiger partial charge on any atom is -0.478 e. The fraction of sp³-hybridized carbons (Fsp3) is 0.400. The molecule has 0 spiro atoms. The number of benzene rings is 2. The first-order valence-corrected chi connectivity index (χ1v) is 10.8. The molecule has 1 unspecified atom stereocenters. The summed E-state index contributed by atoms with van der Waals surface area (Å²) in [6.45, 7) is 3.60. The summed E-state index contributed by atoms with van der Waals surface area (Å²) < 4.78 is 0. The molecule has 4 heteroatoms. The van der Waals surface area contributed by atoms with E-state index in [0.29, 0.717) is 5.56 Å². The summed E-state index contributed by atoms with van der Waals surface area (Å²) in [7, 11) is 0. The van der Waals surface area contributed by atoms with Crippen LogP contribution in [0.15, 0.2) is 54.7 Å². The number of likely N-dealkylation sites (tertiary alicyclic amines) is 1. The van der Waals surface area contributed by atoms with E-state index in [2.05, 4.69) is 40.2 Å². The van der Waals surface area contributed by atoms with Crippen LogP contribution >= 0.6 is 0 Å². The lowest BCUT2D eigenvalue weighted by Crippen LogP contribution is -2.36. The van der Waals surface area contributed by atoms with E-state index in [0.717, 1.165) is 36.2 Å². The Labute approximate surface area is 172 Å². The molecule has 1 aromatic heterocycles. The van der Waals surface area contributed by atoms with Crippen LogP contribution in [0.25, 0.3) is 10.9 Å². The number of nitrogens with zero attached hydrogens (tertiary/aromatic N) is 1. The first kappa shape index (κ1) is 19.7. The zero-order chi connectivity index (χ0) is 20.1. The number of aryl methyl sites for hydroxylation is 1. The zero-order valence-electron chi connectivity index (χ0n) is 16.9. The quantitative estimate of drug-likeness (QED) is 0.523. The number of H-pyrrole nitrogens is 1. The molecule has 152 valence electrons. The molecule has 1 aliphatic heterocycles. The Balaban J connectivity index is 1.25. The summed E-state index contributed by atoms with van der Waals surface area (Å²) in [5.41, 5.74) is 4.06. The highest BCUT2D eigenvalue weighted by Crippen LogP contribution is 2.23. The lowest BCUT2D eigenvalue weighted by atomic mass is 9.91. The lowest BCUT2D eigenvalue weighted by Gasteiger charge is -2.32. The molecule has 0 bridgehead atoms. The number of aromatic carboxylic acids is 1. The smallest absolute Gasteiger partial charge is 0.335 e. The van der Waals surface area contributed by atoms with Crippen LogP contribution in [0.2, 0.25) is 0 Å². The van der Waals surface area contributed by atoms with Crippen LogP contribution in [0.1, 0.15) is 47.2 Å². The molecule has 1 saturated heterocycles. The molecular formula is C25H30N2O2. The number of aromatic amines is 1. The lowest BCUT2D eigenvalue weighted by molar-refractivity contribution is 0.0697. The summed E-state index contributed by atoms with van der Waals surface area (Å²) in [6, 6.07) is 16.2. The number of hydrogen-bond donors (Lipinski definition) is 2. The van der Waals surface area contributed by atoms with Gasteiger partial charge in [-0.3, -0.25) is 0 Å². The molecule has 2 heterocycles. The molecule has 1 aliphatic rings. The van der Waals surface area contributed by atoms with Crippen LogP contribution in [-0.2, 0) is 12.8 Å². The number of unbranched alkanes of at least 4 members (excludes halogenated alkanes) is 1. The molecule has 0 aliphatic carbocycles. The number of fused-ring (bicyclic) bond motifs is 1. The molecule has 0 radical (unpaired) electrons. The van der Waals surface area contributed by atoms with Crippen molar-refractivity contribution in [3.05, 3.63) is 71.4 Å². The number of nitrogens with one attached hydrogen (secondary N) is 1. The fourth-order valence-electron chi connectivity index (χ4n) is 4.64. The highest BCUT2D eigenvalue weighted by Gasteiger charge is 2.19. The molecule has 4 rings (SSSR count). The number of piperidine rings is 1. The van der Waals surface area contributed by atoms with E-state index in [1.165, 1.54) is 49.9 Å². The molecule has 0 saturated carbocycles. The van der Waals surface area contributed by atoms with Gasteiger partial charge >= 0.3 is 5.97 Å². The van der Waals surface area contributed by atoms with Gasteiger partial charge in [-0.05, 0) is 86.9 Å². The monoisotopic (exact) mass is 390 g/mol. The maximum absolute atomic E-state index is 11.2. The van der Waals surface area contributed by atoms with E-state index in [4.69, 9.17) is 0 Å². The van der Waals surface area contributed by atoms with Crippen molar-refractivity contribution >= 4 is 16.9 Å².